The summed E-state index contributed by atoms with van der Waals surface area (Å²) < 4.78 is 11.0. The molecule has 1 saturated carbocycles. The molecule has 0 amide bonds. The molecule has 112 valence electrons. The fraction of sp³-hybridized carbons (Fsp3) is 0.467. The minimum Gasteiger partial charge on any atom is -0.508 e. The summed E-state index contributed by atoms with van der Waals surface area (Å²) in [7, 11) is 0. The lowest BCUT2D eigenvalue weighted by atomic mass is 9.94. The number of benzene rings is 1. The highest BCUT2D eigenvalue weighted by Gasteiger charge is 2.20. The lowest BCUT2D eigenvalue weighted by Gasteiger charge is -2.25. The van der Waals surface area contributed by atoms with Crippen LogP contribution in [-0.4, -0.2) is 27.4 Å². The Morgan fingerprint density at radius 2 is 1.90 bits per heavy atom. The highest BCUT2D eigenvalue weighted by molar-refractivity contribution is 5.55. The predicted molar refractivity (Wildman–Crippen MR) is 76.4 cm³/mol. The van der Waals surface area contributed by atoms with Crippen LogP contribution in [0.15, 0.2) is 28.8 Å². The zero-order chi connectivity index (χ0) is 14.7. The van der Waals surface area contributed by atoms with Crippen LogP contribution in [0.1, 0.15) is 31.6 Å². The third-order valence-electron chi connectivity index (χ3n) is 3.75. The van der Waals surface area contributed by atoms with Crippen LogP contribution in [0.25, 0.3) is 11.4 Å². The maximum Gasteiger partial charge on any atom is 0.252 e. The van der Waals surface area contributed by atoms with Crippen molar-refractivity contribution >= 4 is 0 Å². The Kier molecular flexibility index (Phi) is 4.17. The largest absolute Gasteiger partial charge is 0.508 e. The summed E-state index contributed by atoms with van der Waals surface area (Å²) in [5.74, 6) is 1.17. The second kappa shape index (κ2) is 6.24. The molecule has 0 unspecified atom stereocenters. The minimum absolute atomic E-state index is 0.210. The SMILES string of the molecule is NC1CCC(OCc2nc(-c3ccc(O)cc3)no2)CC1. The Morgan fingerprint density at radius 3 is 2.62 bits per heavy atom. The molecule has 6 nitrogen and oxygen atoms in total. The lowest BCUT2D eigenvalue weighted by molar-refractivity contribution is 0.00192. The molecule has 2 aromatic rings. The average molecular weight is 289 g/mol. The van der Waals surface area contributed by atoms with E-state index in [-0.39, 0.29) is 11.9 Å². The van der Waals surface area contributed by atoms with Gasteiger partial charge < -0.3 is 20.1 Å². The predicted octanol–water partition coefficient (Wildman–Crippen LogP) is 2.23. The summed E-state index contributed by atoms with van der Waals surface area (Å²) in [5.41, 5.74) is 6.67. The zero-order valence-electron chi connectivity index (χ0n) is 11.7. The average Bonchev–Trinajstić information content (AvgIpc) is 2.96. The quantitative estimate of drug-likeness (QED) is 0.896. The summed E-state index contributed by atoms with van der Waals surface area (Å²) in [6.07, 6.45) is 4.22. The van der Waals surface area contributed by atoms with Gasteiger partial charge in [0.25, 0.3) is 5.89 Å². The van der Waals surface area contributed by atoms with Crippen LogP contribution >= 0.6 is 0 Å². The number of rotatable bonds is 4. The molecule has 6 heteroatoms. The number of phenols is 1. The summed E-state index contributed by atoms with van der Waals surface area (Å²) >= 11 is 0. The Labute approximate surface area is 122 Å². The van der Waals surface area contributed by atoms with Gasteiger partial charge in [0.1, 0.15) is 12.4 Å². The molecule has 0 aliphatic heterocycles. The third kappa shape index (κ3) is 3.59. The first-order chi connectivity index (χ1) is 10.2. The van der Waals surface area contributed by atoms with Crippen molar-refractivity contribution in [2.45, 2.75) is 44.4 Å². The van der Waals surface area contributed by atoms with Gasteiger partial charge in [0.2, 0.25) is 5.82 Å². The van der Waals surface area contributed by atoms with Gasteiger partial charge in [-0.2, -0.15) is 4.98 Å². The molecule has 1 aliphatic rings. The number of aromatic hydroxyl groups is 1. The van der Waals surface area contributed by atoms with Crippen molar-refractivity contribution < 1.29 is 14.4 Å². The van der Waals surface area contributed by atoms with Crippen molar-refractivity contribution in [3.63, 3.8) is 0 Å². The first kappa shape index (κ1) is 14.0. The molecule has 0 atom stereocenters. The molecule has 3 rings (SSSR count). The van der Waals surface area contributed by atoms with Gasteiger partial charge in [0, 0.05) is 11.6 Å². The molecule has 1 aliphatic carbocycles. The Balaban J connectivity index is 1.56. The van der Waals surface area contributed by atoms with E-state index in [1.54, 1.807) is 24.3 Å². The van der Waals surface area contributed by atoms with E-state index in [0.29, 0.717) is 24.4 Å². The highest BCUT2D eigenvalue weighted by atomic mass is 16.5. The summed E-state index contributed by atoms with van der Waals surface area (Å²) in [6.45, 7) is 0.324. The van der Waals surface area contributed by atoms with E-state index in [1.807, 2.05) is 0 Å². The van der Waals surface area contributed by atoms with Crippen LogP contribution in [0, 0.1) is 0 Å². The maximum atomic E-state index is 9.26. The smallest absolute Gasteiger partial charge is 0.252 e. The van der Waals surface area contributed by atoms with E-state index >= 15 is 0 Å². The molecule has 21 heavy (non-hydrogen) atoms. The van der Waals surface area contributed by atoms with Crippen LogP contribution in [0.3, 0.4) is 0 Å². The molecule has 0 saturated heterocycles. The number of hydrogen-bond acceptors (Lipinski definition) is 6. The summed E-state index contributed by atoms with van der Waals surface area (Å²) in [4.78, 5) is 4.30. The zero-order valence-corrected chi connectivity index (χ0v) is 11.7. The van der Waals surface area contributed by atoms with Crippen molar-refractivity contribution in [2.75, 3.05) is 0 Å². The molecule has 1 aromatic heterocycles. The minimum atomic E-state index is 0.210. The standard InChI is InChI=1S/C15H19N3O3/c16-11-3-7-13(8-4-11)20-9-14-17-15(18-21-14)10-1-5-12(19)6-2-10/h1-2,5-6,11,13,19H,3-4,7-9,16H2. The van der Waals surface area contributed by atoms with Crippen LogP contribution in [0.2, 0.25) is 0 Å². The number of aromatic nitrogens is 2. The van der Waals surface area contributed by atoms with Gasteiger partial charge in [-0.15, -0.1) is 0 Å². The molecule has 3 N–H and O–H groups in total. The fourth-order valence-corrected chi connectivity index (χ4v) is 2.49. The summed E-state index contributed by atoms with van der Waals surface area (Å²) in [6, 6.07) is 6.98. The Morgan fingerprint density at radius 1 is 1.19 bits per heavy atom. The van der Waals surface area contributed by atoms with Crippen molar-refractivity contribution in [3.05, 3.63) is 30.2 Å². The van der Waals surface area contributed by atoms with Gasteiger partial charge in [0.05, 0.1) is 6.10 Å². The molecule has 1 fully saturated rings. The Bertz CT molecular complexity index is 574. The van der Waals surface area contributed by atoms with Crippen molar-refractivity contribution in [1.29, 1.82) is 0 Å². The molecule has 0 spiro atoms. The Hall–Kier alpha value is -1.92. The van der Waals surface area contributed by atoms with Gasteiger partial charge >= 0.3 is 0 Å². The van der Waals surface area contributed by atoms with Crippen LogP contribution in [-0.2, 0) is 11.3 Å². The van der Waals surface area contributed by atoms with E-state index < -0.39 is 0 Å². The molecule has 0 radical (unpaired) electrons. The van der Waals surface area contributed by atoms with Crippen LogP contribution in [0.5, 0.6) is 5.75 Å². The van der Waals surface area contributed by atoms with E-state index in [1.165, 1.54) is 0 Å². The molecular formula is C15H19N3O3. The fourth-order valence-electron chi connectivity index (χ4n) is 2.49. The number of ether oxygens (including phenoxy) is 1. The first-order valence-corrected chi connectivity index (χ1v) is 7.20. The normalized spacial score (nSPS) is 22.3. The maximum absolute atomic E-state index is 9.26. The number of nitrogens with zero attached hydrogens (tertiary/aromatic N) is 2. The van der Waals surface area contributed by atoms with Crippen LogP contribution in [0.4, 0.5) is 0 Å². The number of phenolic OH excluding ortho intramolecular Hbond substituents is 1. The van der Waals surface area contributed by atoms with E-state index in [9.17, 15) is 5.11 Å². The van der Waals surface area contributed by atoms with Crippen molar-refractivity contribution in [2.24, 2.45) is 5.73 Å². The second-order valence-corrected chi connectivity index (χ2v) is 5.41. The van der Waals surface area contributed by atoms with Gasteiger partial charge in [0.15, 0.2) is 0 Å². The van der Waals surface area contributed by atoms with Gasteiger partial charge in [-0.1, -0.05) is 5.16 Å². The topological polar surface area (TPSA) is 94.4 Å². The van der Waals surface area contributed by atoms with E-state index in [4.69, 9.17) is 15.0 Å². The van der Waals surface area contributed by atoms with Crippen molar-refractivity contribution in [1.82, 2.24) is 10.1 Å². The summed E-state index contributed by atoms with van der Waals surface area (Å²) in [5, 5.41) is 13.2. The first-order valence-electron chi connectivity index (χ1n) is 7.20. The molecule has 1 heterocycles. The van der Waals surface area contributed by atoms with Gasteiger partial charge in [-0.3, -0.25) is 0 Å². The molecule has 0 bridgehead atoms. The molecular weight excluding hydrogens is 270 g/mol. The van der Waals surface area contributed by atoms with E-state index in [0.717, 1.165) is 31.2 Å². The van der Waals surface area contributed by atoms with Gasteiger partial charge in [-0.25, -0.2) is 0 Å². The lowest BCUT2D eigenvalue weighted by Crippen LogP contribution is -2.30. The third-order valence-corrected chi connectivity index (χ3v) is 3.75. The number of hydrogen-bond donors (Lipinski definition) is 2. The van der Waals surface area contributed by atoms with E-state index in [2.05, 4.69) is 10.1 Å². The number of nitrogens with two attached hydrogens (primary N) is 1. The monoisotopic (exact) mass is 289 g/mol. The van der Waals surface area contributed by atoms with Gasteiger partial charge in [-0.05, 0) is 49.9 Å². The second-order valence-electron chi connectivity index (χ2n) is 5.41. The highest BCUT2D eigenvalue weighted by Crippen LogP contribution is 2.22. The molecule has 1 aromatic carbocycles. The van der Waals surface area contributed by atoms with Crippen LogP contribution < -0.4 is 5.73 Å². The van der Waals surface area contributed by atoms with Crippen molar-refractivity contribution in [3.8, 4) is 17.1 Å².